The van der Waals surface area contributed by atoms with Crippen molar-refractivity contribution in [3.8, 4) is 11.6 Å². The molecule has 17 heavy (non-hydrogen) atoms. The molecule has 0 atom stereocenters. The second kappa shape index (κ2) is 4.89. The highest BCUT2D eigenvalue weighted by Crippen LogP contribution is 2.32. The predicted molar refractivity (Wildman–Crippen MR) is 70.4 cm³/mol. The molecule has 0 spiro atoms. The lowest BCUT2D eigenvalue weighted by atomic mass is 10.2. The van der Waals surface area contributed by atoms with Gasteiger partial charge in [-0.05, 0) is 40.5 Å². The molecule has 0 aliphatic heterocycles. The van der Waals surface area contributed by atoms with Gasteiger partial charge in [-0.2, -0.15) is 4.98 Å². The molecule has 2 rings (SSSR count). The summed E-state index contributed by atoms with van der Waals surface area (Å²) in [5.41, 5.74) is 6.59. The highest BCUT2D eigenvalue weighted by Gasteiger charge is 2.09. The number of nitrogens with zero attached hydrogens (tertiary/aromatic N) is 2. The highest BCUT2D eigenvalue weighted by molar-refractivity contribution is 9.10. The second-order valence-corrected chi connectivity index (χ2v) is 4.68. The number of aromatic nitrogens is 2. The molecule has 0 aliphatic carbocycles. The van der Waals surface area contributed by atoms with Crippen molar-refractivity contribution in [1.29, 1.82) is 0 Å². The summed E-state index contributed by atoms with van der Waals surface area (Å²) in [4.78, 5) is 7.68. The van der Waals surface area contributed by atoms with Crippen LogP contribution in [-0.4, -0.2) is 9.97 Å². The Hall–Kier alpha value is -1.33. The summed E-state index contributed by atoms with van der Waals surface area (Å²) in [6.45, 7) is 1.99. The fourth-order valence-corrected chi connectivity index (χ4v) is 1.93. The maximum atomic E-state index is 5.91. The van der Waals surface area contributed by atoms with E-state index in [1.165, 1.54) is 6.20 Å². The maximum Gasteiger partial charge on any atom is 0.243 e. The number of benzene rings is 1. The Morgan fingerprint density at radius 3 is 2.88 bits per heavy atom. The van der Waals surface area contributed by atoms with E-state index in [4.69, 9.17) is 22.1 Å². The normalized spacial score (nSPS) is 10.3. The van der Waals surface area contributed by atoms with Crippen LogP contribution >= 0.6 is 27.5 Å². The van der Waals surface area contributed by atoms with Gasteiger partial charge in [0.25, 0.3) is 0 Å². The Bertz CT molecular complexity index is 562. The van der Waals surface area contributed by atoms with Gasteiger partial charge in [0.1, 0.15) is 10.8 Å². The van der Waals surface area contributed by atoms with Gasteiger partial charge < -0.3 is 10.5 Å². The van der Waals surface area contributed by atoms with Crippen molar-refractivity contribution in [1.82, 2.24) is 9.97 Å². The molecule has 0 bridgehead atoms. The first kappa shape index (κ1) is 12.1. The fourth-order valence-electron chi connectivity index (χ4n) is 1.23. The van der Waals surface area contributed by atoms with Crippen molar-refractivity contribution >= 4 is 33.5 Å². The van der Waals surface area contributed by atoms with E-state index < -0.39 is 0 Å². The number of ether oxygens (including phenoxy) is 1. The standard InChI is InChI=1S/C11H9BrClN3O/c1-6-2-3-9(7(12)4-6)17-10-8(13)5-15-11(14)16-10/h2-5H,1H3,(H2,14,15,16). The maximum absolute atomic E-state index is 5.91. The van der Waals surface area contributed by atoms with Gasteiger partial charge in [-0.15, -0.1) is 0 Å². The number of anilines is 1. The van der Waals surface area contributed by atoms with Crippen LogP contribution in [0.15, 0.2) is 28.9 Å². The van der Waals surface area contributed by atoms with E-state index in [0.717, 1.165) is 10.0 Å². The summed E-state index contributed by atoms with van der Waals surface area (Å²) >= 11 is 9.31. The Kier molecular flexibility index (Phi) is 3.49. The summed E-state index contributed by atoms with van der Waals surface area (Å²) in [5.74, 6) is 0.979. The van der Waals surface area contributed by atoms with Gasteiger partial charge in [-0.3, -0.25) is 0 Å². The molecule has 2 aromatic rings. The zero-order valence-corrected chi connectivity index (χ0v) is 11.3. The molecule has 0 unspecified atom stereocenters. The smallest absolute Gasteiger partial charge is 0.243 e. The predicted octanol–water partition coefficient (Wildman–Crippen LogP) is 3.58. The van der Waals surface area contributed by atoms with Crippen LogP contribution < -0.4 is 10.5 Å². The largest absolute Gasteiger partial charge is 0.436 e. The molecule has 1 aromatic carbocycles. The molecule has 0 aliphatic rings. The van der Waals surface area contributed by atoms with Gasteiger partial charge in [0.05, 0.1) is 10.7 Å². The lowest BCUT2D eigenvalue weighted by molar-refractivity contribution is 0.460. The molecule has 0 saturated carbocycles. The first-order chi connectivity index (χ1) is 8.06. The number of halogens is 2. The number of aryl methyl sites for hydroxylation is 1. The van der Waals surface area contributed by atoms with Crippen LogP contribution in [0.4, 0.5) is 5.95 Å². The van der Waals surface area contributed by atoms with Crippen LogP contribution in [0.1, 0.15) is 5.56 Å². The highest BCUT2D eigenvalue weighted by atomic mass is 79.9. The number of rotatable bonds is 2. The molecule has 4 nitrogen and oxygen atoms in total. The number of nitrogens with two attached hydrogens (primary N) is 1. The minimum absolute atomic E-state index is 0.118. The first-order valence-electron chi connectivity index (χ1n) is 4.78. The Morgan fingerprint density at radius 2 is 2.18 bits per heavy atom. The van der Waals surface area contributed by atoms with E-state index in [0.29, 0.717) is 10.8 Å². The van der Waals surface area contributed by atoms with Gasteiger partial charge in [-0.1, -0.05) is 17.7 Å². The minimum Gasteiger partial charge on any atom is -0.436 e. The fraction of sp³-hybridized carbons (Fsp3) is 0.0909. The van der Waals surface area contributed by atoms with Crippen LogP contribution in [-0.2, 0) is 0 Å². The van der Waals surface area contributed by atoms with Crippen LogP contribution in [0.5, 0.6) is 11.6 Å². The molecule has 0 fully saturated rings. The van der Waals surface area contributed by atoms with E-state index in [1.807, 2.05) is 25.1 Å². The third-order valence-corrected chi connectivity index (χ3v) is 2.90. The van der Waals surface area contributed by atoms with Crippen LogP contribution in [0.2, 0.25) is 5.02 Å². The first-order valence-corrected chi connectivity index (χ1v) is 5.95. The van der Waals surface area contributed by atoms with Crippen molar-refractivity contribution < 1.29 is 4.74 Å². The van der Waals surface area contributed by atoms with Crippen molar-refractivity contribution in [3.63, 3.8) is 0 Å². The third-order valence-electron chi connectivity index (χ3n) is 2.02. The lowest BCUT2D eigenvalue weighted by Crippen LogP contribution is -1.97. The zero-order valence-electron chi connectivity index (χ0n) is 8.95. The number of hydrogen-bond donors (Lipinski definition) is 1. The molecule has 2 N–H and O–H groups in total. The molecular formula is C11H9BrClN3O. The molecule has 1 aromatic heterocycles. The number of hydrogen-bond acceptors (Lipinski definition) is 4. The third kappa shape index (κ3) is 2.87. The molecule has 0 amide bonds. The van der Waals surface area contributed by atoms with Gasteiger partial charge in [-0.25, -0.2) is 4.98 Å². The van der Waals surface area contributed by atoms with E-state index in [1.54, 1.807) is 0 Å². The van der Waals surface area contributed by atoms with Crippen molar-refractivity contribution in [2.45, 2.75) is 6.92 Å². The Labute approximate surface area is 112 Å². The minimum atomic E-state index is 0.118. The molecule has 0 radical (unpaired) electrons. The molecule has 88 valence electrons. The van der Waals surface area contributed by atoms with Gasteiger partial charge in [0.2, 0.25) is 11.8 Å². The van der Waals surface area contributed by atoms with Crippen LogP contribution in [0.3, 0.4) is 0 Å². The molecule has 1 heterocycles. The van der Waals surface area contributed by atoms with Crippen LogP contribution in [0, 0.1) is 6.92 Å². The summed E-state index contributed by atoms with van der Waals surface area (Å²) < 4.78 is 6.39. The van der Waals surface area contributed by atoms with Gasteiger partial charge in [0, 0.05) is 0 Å². The van der Waals surface area contributed by atoms with E-state index in [-0.39, 0.29) is 11.8 Å². The summed E-state index contributed by atoms with van der Waals surface area (Å²) in [7, 11) is 0. The SMILES string of the molecule is Cc1ccc(Oc2nc(N)ncc2Cl)c(Br)c1. The quantitative estimate of drug-likeness (QED) is 0.920. The topological polar surface area (TPSA) is 61.0 Å². The van der Waals surface area contributed by atoms with Crippen molar-refractivity contribution in [2.75, 3.05) is 5.73 Å². The summed E-state index contributed by atoms with van der Waals surface area (Å²) in [5, 5.41) is 0.312. The van der Waals surface area contributed by atoms with E-state index in [2.05, 4.69) is 25.9 Å². The van der Waals surface area contributed by atoms with E-state index in [9.17, 15) is 0 Å². The Balaban J connectivity index is 2.34. The van der Waals surface area contributed by atoms with Crippen LogP contribution in [0.25, 0.3) is 0 Å². The lowest BCUT2D eigenvalue weighted by Gasteiger charge is -2.08. The van der Waals surface area contributed by atoms with E-state index >= 15 is 0 Å². The number of nitrogen functional groups attached to an aromatic ring is 1. The average Bonchev–Trinajstić information content (AvgIpc) is 2.27. The molecular weight excluding hydrogens is 305 g/mol. The second-order valence-electron chi connectivity index (χ2n) is 3.42. The molecule has 6 heteroatoms. The van der Waals surface area contributed by atoms with Gasteiger partial charge >= 0.3 is 0 Å². The average molecular weight is 315 g/mol. The van der Waals surface area contributed by atoms with Gasteiger partial charge in [0.15, 0.2) is 0 Å². The monoisotopic (exact) mass is 313 g/mol. The Morgan fingerprint density at radius 1 is 1.41 bits per heavy atom. The van der Waals surface area contributed by atoms with Crippen molar-refractivity contribution in [2.24, 2.45) is 0 Å². The van der Waals surface area contributed by atoms with Crippen molar-refractivity contribution in [3.05, 3.63) is 39.5 Å². The molecule has 0 saturated heterocycles. The zero-order chi connectivity index (χ0) is 12.4. The summed E-state index contributed by atoms with van der Waals surface area (Å²) in [6.07, 6.45) is 1.40. The summed E-state index contributed by atoms with van der Waals surface area (Å²) in [6, 6.07) is 5.69.